The smallest absolute Gasteiger partial charge is 0.150 e. The van der Waals surface area contributed by atoms with Crippen LogP contribution >= 0.6 is 0 Å². The van der Waals surface area contributed by atoms with E-state index in [1.807, 2.05) is 0 Å². The first-order chi connectivity index (χ1) is 6.68. The van der Waals surface area contributed by atoms with Gasteiger partial charge in [0, 0.05) is 5.56 Å². The van der Waals surface area contributed by atoms with Crippen LogP contribution in [0.15, 0.2) is 30.6 Å². The van der Waals surface area contributed by atoms with E-state index in [1.165, 1.54) is 23.1 Å². The number of benzene rings is 1. The molecule has 0 atom stereocenters. The molecule has 1 aromatic carbocycles. The molecule has 0 aliphatic rings. The van der Waals surface area contributed by atoms with Crippen molar-refractivity contribution in [1.29, 1.82) is 0 Å². The fraction of sp³-hybridized carbons (Fsp3) is 0. The molecular formula is C9H9FN4. The fourth-order valence-corrected chi connectivity index (χ4v) is 1.20. The van der Waals surface area contributed by atoms with E-state index in [2.05, 4.69) is 4.98 Å². The molecule has 72 valence electrons. The number of halogens is 1. The monoisotopic (exact) mass is 192 g/mol. The third kappa shape index (κ3) is 1.28. The van der Waals surface area contributed by atoms with Gasteiger partial charge in [0.15, 0.2) is 0 Å². The van der Waals surface area contributed by atoms with Crippen molar-refractivity contribution < 1.29 is 4.39 Å². The van der Waals surface area contributed by atoms with Crippen LogP contribution in [0.2, 0.25) is 0 Å². The van der Waals surface area contributed by atoms with Crippen molar-refractivity contribution in [2.45, 2.75) is 0 Å². The van der Waals surface area contributed by atoms with Crippen LogP contribution in [0.1, 0.15) is 0 Å². The topological polar surface area (TPSA) is 69.9 Å². The number of imidazole rings is 1. The van der Waals surface area contributed by atoms with Gasteiger partial charge in [-0.25, -0.2) is 14.1 Å². The summed E-state index contributed by atoms with van der Waals surface area (Å²) < 4.78 is 13.8. The molecule has 0 saturated heterocycles. The minimum absolute atomic E-state index is 0.292. The third-order valence-corrected chi connectivity index (χ3v) is 1.95. The summed E-state index contributed by atoms with van der Waals surface area (Å²) in [6.45, 7) is 0. The molecule has 0 unspecified atom stereocenters. The number of nitrogen functional groups attached to an aromatic ring is 2. The molecule has 0 saturated carbocycles. The van der Waals surface area contributed by atoms with E-state index < -0.39 is 0 Å². The summed E-state index contributed by atoms with van der Waals surface area (Å²) in [5.74, 6) is 5.53. The predicted molar refractivity (Wildman–Crippen MR) is 52.2 cm³/mol. The van der Waals surface area contributed by atoms with Crippen molar-refractivity contribution in [1.82, 2.24) is 9.66 Å². The molecule has 1 aromatic heterocycles. The lowest BCUT2D eigenvalue weighted by atomic mass is 10.1. The van der Waals surface area contributed by atoms with Crippen LogP contribution in [0.4, 0.5) is 10.2 Å². The number of hydrogen-bond acceptors (Lipinski definition) is 3. The largest absolute Gasteiger partial charge is 0.382 e. The lowest BCUT2D eigenvalue weighted by Crippen LogP contribution is -2.09. The summed E-state index contributed by atoms with van der Waals surface area (Å²) in [7, 11) is 0. The molecule has 0 bridgehead atoms. The molecule has 14 heavy (non-hydrogen) atoms. The molecule has 4 N–H and O–H groups in total. The maximum absolute atomic E-state index is 12.6. The molecule has 0 aliphatic carbocycles. The van der Waals surface area contributed by atoms with Gasteiger partial charge >= 0.3 is 0 Å². The summed E-state index contributed by atoms with van der Waals surface area (Å²) in [5, 5.41) is 0. The van der Waals surface area contributed by atoms with Crippen molar-refractivity contribution in [2.24, 2.45) is 0 Å². The minimum Gasteiger partial charge on any atom is -0.382 e. The third-order valence-electron chi connectivity index (χ3n) is 1.95. The first-order valence-corrected chi connectivity index (χ1v) is 4.02. The Balaban J connectivity index is 2.49. The Morgan fingerprint density at radius 2 is 1.86 bits per heavy atom. The highest BCUT2D eigenvalue weighted by Gasteiger charge is 2.07. The van der Waals surface area contributed by atoms with Gasteiger partial charge in [0.05, 0.1) is 0 Å². The highest BCUT2D eigenvalue weighted by Crippen LogP contribution is 2.22. The Morgan fingerprint density at radius 1 is 1.21 bits per heavy atom. The molecule has 1 heterocycles. The highest BCUT2D eigenvalue weighted by atomic mass is 19.1. The second-order valence-electron chi connectivity index (χ2n) is 2.89. The number of nitrogens with zero attached hydrogens (tertiary/aromatic N) is 2. The van der Waals surface area contributed by atoms with E-state index in [-0.39, 0.29) is 5.82 Å². The van der Waals surface area contributed by atoms with Gasteiger partial charge < -0.3 is 11.6 Å². The van der Waals surface area contributed by atoms with Crippen molar-refractivity contribution in [3.05, 3.63) is 36.4 Å². The van der Waals surface area contributed by atoms with Crippen LogP contribution < -0.4 is 11.6 Å². The summed E-state index contributed by atoms with van der Waals surface area (Å²) in [6.07, 6.45) is 1.41. The van der Waals surface area contributed by atoms with Crippen molar-refractivity contribution >= 4 is 5.82 Å². The average Bonchev–Trinajstić information content (AvgIpc) is 2.50. The molecule has 0 spiro atoms. The highest BCUT2D eigenvalue weighted by molar-refractivity contribution is 5.70. The van der Waals surface area contributed by atoms with Crippen LogP contribution in [0.5, 0.6) is 0 Å². The van der Waals surface area contributed by atoms with Crippen molar-refractivity contribution in [2.75, 3.05) is 11.6 Å². The van der Waals surface area contributed by atoms with E-state index in [0.717, 1.165) is 5.56 Å². The van der Waals surface area contributed by atoms with Gasteiger partial charge in [-0.05, 0) is 24.3 Å². The molecule has 5 heteroatoms. The normalized spacial score (nSPS) is 10.4. The first-order valence-electron chi connectivity index (χ1n) is 4.02. The Kier molecular flexibility index (Phi) is 1.85. The molecule has 4 nitrogen and oxygen atoms in total. The molecule has 2 rings (SSSR count). The fourth-order valence-electron chi connectivity index (χ4n) is 1.20. The van der Waals surface area contributed by atoms with Crippen molar-refractivity contribution in [3.8, 4) is 11.3 Å². The van der Waals surface area contributed by atoms with E-state index >= 15 is 0 Å². The maximum atomic E-state index is 12.6. The second-order valence-corrected chi connectivity index (χ2v) is 2.89. The zero-order valence-electron chi connectivity index (χ0n) is 7.31. The van der Waals surface area contributed by atoms with Gasteiger partial charge in [-0.1, -0.05) is 0 Å². The van der Waals surface area contributed by atoms with Gasteiger partial charge in [0.2, 0.25) is 0 Å². The van der Waals surface area contributed by atoms with Gasteiger partial charge in [-0.3, -0.25) is 0 Å². The van der Waals surface area contributed by atoms with E-state index in [1.54, 1.807) is 12.1 Å². The van der Waals surface area contributed by atoms with Gasteiger partial charge in [0.1, 0.15) is 23.7 Å². The minimum atomic E-state index is -0.292. The van der Waals surface area contributed by atoms with Crippen LogP contribution in [-0.2, 0) is 0 Å². The number of rotatable bonds is 1. The SMILES string of the molecule is Nc1c(-c2ccc(F)cc2)ncn1N. The number of aromatic nitrogens is 2. The summed E-state index contributed by atoms with van der Waals surface area (Å²) >= 11 is 0. The molecule has 0 radical (unpaired) electrons. The summed E-state index contributed by atoms with van der Waals surface area (Å²) in [4.78, 5) is 4.01. The average molecular weight is 192 g/mol. The Hall–Kier alpha value is -2.04. The lowest BCUT2D eigenvalue weighted by Gasteiger charge is -1.99. The van der Waals surface area contributed by atoms with E-state index in [0.29, 0.717) is 11.5 Å². The lowest BCUT2D eigenvalue weighted by molar-refractivity contribution is 0.628. The molecule has 0 amide bonds. The van der Waals surface area contributed by atoms with Gasteiger partial charge in [-0.15, -0.1) is 0 Å². The van der Waals surface area contributed by atoms with Gasteiger partial charge in [0.25, 0.3) is 0 Å². The number of hydrogen-bond donors (Lipinski definition) is 2. The van der Waals surface area contributed by atoms with Crippen LogP contribution in [0.3, 0.4) is 0 Å². The maximum Gasteiger partial charge on any atom is 0.150 e. The number of nitrogens with two attached hydrogens (primary N) is 2. The van der Waals surface area contributed by atoms with Crippen LogP contribution in [0.25, 0.3) is 11.3 Å². The number of anilines is 1. The zero-order valence-corrected chi connectivity index (χ0v) is 7.31. The predicted octanol–water partition coefficient (Wildman–Crippen LogP) is 0.985. The first kappa shape index (κ1) is 8.55. The molecule has 0 fully saturated rings. The van der Waals surface area contributed by atoms with Crippen LogP contribution in [-0.4, -0.2) is 9.66 Å². The van der Waals surface area contributed by atoms with E-state index in [9.17, 15) is 4.39 Å². The summed E-state index contributed by atoms with van der Waals surface area (Å²) in [6, 6.07) is 5.91. The zero-order chi connectivity index (χ0) is 10.1. The van der Waals surface area contributed by atoms with Gasteiger partial charge in [-0.2, -0.15) is 0 Å². The Labute approximate surface area is 79.9 Å². The Bertz CT molecular complexity index is 446. The van der Waals surface area contributed by atoms with Crippen LogP contribution in [0, 0.1) is 5.82 Å². The molecule has 0 aliphatic heterocycles. The second kappa shape index (κ2) is 3.02. The quantitative estimate of drug-likeness (QED) is 0.662. The molecular weight excluding hydrogens is 183 g/mol. The van der Waals surface area contributed by atoms with E-state index in [4.69, 9.17) is 11.6 Å². The Morgan fingerprint density at radius 3 is 2.36 bits per heavy atom. The standard InChI is InChI=1S/C9H9FN4/c10-7-3-1-6(2-4-7)8-9(11)14(12)5-13-8/h1-5H,11-12H2. The molecule has 2 aromatic rings. The summed E-state index contributed by atoms with van der Waals surface area (Å²) in [5.41, 5.74) is 6.96. The van der Waals surface area contributed by atoms with Crippen molar-refractivity contribution in [3.63, 3.8) is 0 Å².